The topological polar surface area (TPSA) is 112 Å². The maximum atomic E-state index is 12.5. The molecule has 9 nitrogen and oxygen atoms in total. The van der Waals surface area contributed by atoms with Crippen LogP contribution in [0.2, 0.25) is 0 Å². The quantitative estimate of drug-likeness (QED) is 0.709. The Bertz CT molecular complexity index is 1000. The van der Waals surface area contributed by atoms with Crippen molar-refractivity contribution >= 4 is 15.9 Å². The van der Waals surface area contributed by atoms with Gasteiger partial charge >= 0.3 is 0 Å². The van der Waals surface area contributed by atoms with Gasteiger partial charge in [0.2, 0.25) is 0 Å². The highest BCUT2D eigenvalue weighted by Gasteiger charge is 2.20. The lowest BCUT2D eigenvalue weighted by atomic mass is 10.2. The van der Waals surface area contributed by atoms with Crippen molar-refractivity contribution < 1.29 is 13.2 Å². The Kier molecular flexibility index (Phi) is 4.36. The molecule has 0 aliphatic rings. The number of nitrogens with one attached hydrogen (secondary N) is 1. The van der Waals surface area contributed by atoms with Crippen LogP contribution in [0.4, 0.5) is 0 Å². The molecule has 25 heavy (non-hydrogen) atoms. The van der Waals surface area contributed by atoms with E-state index in [1.54, 1.807) is 19.2 Å². The summed E-state index contributed by atoms with van der Waals surface area (Å²) in [4.78, 5) is 16.2. The molecule has 2 heterocycles. The normalized spacial score (nSPS) is 11.4. The molecule has 10 heteroatoms. The van der Waals surface area contributed by atoms with Gasteiger partial charge in [-0.05, 0) is 25.1 Å². The summed E-state index contributed by atoms with van der Waals surface area (Å²) in [5.41, 5.74) is 0.939. The molecule has 0 saturated heterocycles. The molecule has 0 fully saturated rings. The van der Waals surface area contributed by atoms with Crippen LogP contribution >= 0.6 is 0 Å². The van der Waals surface area contributed by atoms with Gasteiger partial charge in [-0.15, -0.1) is 0 Å². The van der Waals surface area contributed by atoms with Crippen molar-refractivity contribution in [3.8, 4) is 0 Å². The summed E-state index contributed by atoms with van der Waals surface area (Å²) in [5, 5.41) is 10.5. The lowest BCUT2D eigenvalue weighted by Crippen LogP contribution is -2.24. The molecular weight excluding hydrogens is 344 g/mol. The number of hydrogen-bond donors (Lipinski definition) is 1. The number of benzene rings is 1. The molecule has 0 bridgehead atoms. The zero-order valence-electron chi connectivity index (χ0n) is 13.6. The molecule has 0 atom stereocenters. The highest BCUT2D eigenvalue weighted by molar-refractivity contribution is 7.89. The Morgan fingerprint density at radius 1 is 1.16 bits per heavy atom. The van der Waals surface area contributed by atoms with E-state index in [9.17, 15) is 13.2 Å². The first-order valence-electron chi connectivity index (χ1n) is 7.37. The lowest BCUT2D eigenvalue weighted by Gasteiger charge is -2.04. The van der Waals surface area contributed by atoms with E-state index in [0.29, 0.717) is 5.82 Å². The minimum absolute atomic E-state index is 0.00776. The zero-order valence-corrected chi connectivity index (χ0v) is 14.4. The van der Waals surface area contributed by atoms with Gasteiger partial charge in [-0.1, -0.05) is 17.7 Å². The highest BCUT2D eigenvalue weighted by Crippen LogP contribution is 2.14. The van der Waals surface area contributed by atoms with E-state index in [1.807, 2.05) is 6.92 Å². The van der Waals surface area contributed by atoms with Gasteiger partial charge in [0.15, 0.2) is 11.5 Å². The van der Waals surface area contributed by atoms with Crippen molar-refractivity contribution in [2.45, 2.75) is 18.4 Å². The van der Waals surface area contributed by atoms with E-state index in [0.717, 1.165) is 9.65 Å². The summed E-state index contributed by atoms with van der Waals surface area (Å²) in [5.74, 6) is -0.0622. The Balaban J connectivity index is 1.75. The molecule has 1 N–H and O–H groups in total. The SMILES string of the molecule is Cc1ccc(S(=O)(=O)n2ccc(C(=O)NCc3ncn(C)n3)n2)cc1. The van der Waals surface area contributed by atoms with Gasteiger partial charge < -0.3 is 5.32 Å². The van der Waals surface area contributed by atoms with Crippen LogP contribution in [0.15, 0.2) is 47.8 Å². The molecule has 1 aromatic carbocycles. The van der Waals surface area contributed by atoms with E-state index in [-0.39, 0.29) is 17.1 Å². The summed E-state index contributed by atoms with van der Waals surface area (Å²) < 4.78 is 27.3. The van der Waals surface area contributed by atoms with Crippen LogP contribution < -0.4 is 5.32 Å². The molecule has 1 amide bonds. The molecule has 0 saturated carbocycles. The fourth-order valence-electron chi connectivity index (χ4n) is 2.10. The van der Waals surface area contributed by atoms with Crippen LogP contribution in [0.25, 0.3) is 0 Å². The number of aryl methyl sites for hydroxylation is 2. The molecule has 0 unspecified atom stereocenters. The van der Waals surface area contributed by atoms with Gasteiger partial charge in [0, 0.05) is 13.2 Å². The van der Waals surface area contributed by atoms with Crippen LogP contribution in [0.3, 0.4) is 0 Å². The number of aromatic nitrogens is 5. The number of carbonyl (C=O) groups excluding carboxylic acids is 1. The van der Waals surface area contributed by atoms with E-state index in [1.165, 1.54) is 35.4 Å². The predicted molar refractivity (Wildman–Crippen MR) is 88.2 cm³/mol. The van der Waals surface area contributed by atoms with Gasteiger partial charge in [-0.3, -0.25) is 9.48 Å². The maximum Gasteiger partial charge on any atom is 0.282 e. The lowest BCUT2D eigenvalue weighted by molar-refractivity contribution is 0.0944. The summed E-state index contributed by atoms with van der Waals surface area (Å²) >= 11 is 0. The molecule has 0 aliphatic carbocycles. The highest BCUT2D eigenvalue weighted by atomic mass is 32.2. The summed E-state index contributed by atoms with van der Waals surface area (Å²) in [6, 6.07) is 7.73. The second kappa shape index (κ2) is 6.48. The van der Waals surface area contributed by atoms with E-state index >= 15 is 0 Å². The summed E-state index contributed by atoms with van der Waals surface area (Å²) in [6.07, 6.45) is 2.76. The number of carbonyl (C=O) groups is 1. The van der Waals surface area contributed by atoms with Crippen LogP contribution in [-0.2, 0) is 23.6 Å². The van der Waals surface area contributed by atoms with Gasteiger partial charge in [0.1, 0.15) is 6.33 Å². The van der Waals surface area contributed by atoms with Gasteiger partial charge in [-0.25, -0.2) is 4.98 Å². The molecule has 0 aliphatic heterocycles. The third-order valence-electron chi connectivity index (χ3n) is 3.42. The van der Waals surface area contributed by atoms with Crippen LogP contribution in [-0.4, -0.2) is 38.3 Å². The number of amides is 1. The van der Waals surface area contributed by atoms with Crippen molar-refractivity contribution in [3.05, 3.63) is 59.9 Å². The Labute approximate surface area is 144 Å². The smallest absolute Gasteiger partial charge is 0.282 e. The third kappa shape index (κ3) is 3.58. The Hall–Kier alpha value is -3.01. The molecule has 3 rings (SSSR count). The number of nitrogens with zero attached hydrogens (tertiary/aromatic N) is 5. The van der Waals surface area contributed by atoms with Crippen molar-refractivity contribution in [2.75, 3.05) is 0 Å². The Morgan fingerprint density at radius 3 is 2.52 bits per heavy atom. The van der Waals surface area contributed by atoms with E-state index < -0.39 is 15.9 Å². The van der Waals surface area contributed by atoms with Crippen LogP contribution in [0.5, 0.6) is 0 Å². The molecular formula is C15H16N6O3S. The number of rotatable bonds is 5. The fraction of sp³-hybridized carbons (Fsp3) is 0.200. The molecule has 0 spiro atoms. The van der Waals surface area contributed by atoms with Crippen molar-refractivity contribution in [1.29, 1.82) is 0 Å². The van der Waals surface area contributed by atoms with Gasteiger partial charge in [-0.2, -0.15) is 22.7 Å². The average Bonchev–Trinajstić information content (AvgIpc) is 3.22. The predicted octanol–water partition coefficient (Wildman–Crippen LogP) is 0.487. The molecule has 0 radical (unpaired) electrons. The van der Waals surface area contributed by atoms with Gasteiger partial charge in [0.25, 0.3) is 15.9 Å². The van der Waals surface area contributed by atoms with Crippen molar-refractivity contribution in [1.82, 2.24) is 29.3 Å². The van der Waals surface area contributed by atoms with E-state index in [2.05, 4.69) is 20.5 Å². The average molecular weight is 360 g/mol. The van der Waals surface area contributed by atoms with Crippen LogP contribution in [0.1, 0.15) is 21.9 Å². The molecule has 2 aromatic heterocycles. The first-order chi connectivity index (χ1) is 11.9. The standard InChI is InChI=1S/C15H16N6O3S/c1-11-3-5-12(6-4-11)25(23,24)21-8-7-13(18-21)15(22)16-9-14-17-10-20(2)19-14/h3-8,10H,9H2,1-2H3,(H,16,22). The minimum Gasteiger partial charge on any atom is -0.343 e. The first-order valence-corrected chi connectivity index (χ1v) is 8.81. The zero-order chi connectivity index (χ0) is 18.0. The molecule has 3 aromatic rings. The minimum atomic E-state index is -3.83. The monoisotopic (exact) mass is 360 g/mol. The fourth-order valence-corrected chi connectivity index (χ4v) is 3.21. The number of hydrogen-bond acceptors (Lipinski definition) is 6. The Morgan fingerprint density at radius 2 is 1.88 bits per heavy atom. The second-order valence-corrected chi connectivity index (χ2v) is 7.20. The third-order valence-corrected chi connectivity index (χ3v) is 4.98. The van der Waals surface area contributed by atoms with Crippen molar-refractivity contribution in [2.24, 2.45) is 7.05 Å². The van der Waals surface area contributed by atoms with Gasteiger partial charge in [0.05, 0.1) is 11.4 Å². The second-order valence-electron chi connectivity index (χ2n) is 5.41. The van der Waals surface area contributed by atoms with Crippen LogP contribution in [0, 0.1) is 6.92 Å². The van der Waals surface area contributed by atoms with E-state index in [4.69, 9.17) is 0 Å². The van der Waals surface area contributed by atoms with Crippen molar-refractivity contribution in [3.63, 3.8) is 0 Å². The largest absolute Gasteiger partial charge is 0.343 e. The summed E-state index contributed by atoms with van der Waals surface area (Å²) in [6.45, 7) is 1.99. The maximum absolute atomic E-state index is 12.5. The summed E-state index contributed by atoms with van der Waals surface area (Å²) in [7, 11) is -2.12. The first kappa shape index (κ1) is 16.8. The molecule has 130 valence electrons.